The summed E-state index contributed by atoms with van der Waals surface area (Å²) in [5.74, 6) is -0.523. The zero-order valence-corrected chi connectivity index (χ0v) is 10.2. The van der Waals surface area contributed by atoms with Crippen molar-refractivity contribution in [2.75, 3.05) is 5.32 Å². The molecule has 1 fully saturated rings. The monoisotopic (exact) mass is 253 g/mol. The van der Waals surface area contributed by atoms with E-state index < -0.39 is 5.91 Å². The first kappa shape index (κ1) is 12.2. The summed E-state index contributed by atoms with van der Waals surface area (Å²) in [4.78, 5) is 11.4. The van der Waals surface area contributed by atoms with E-state index in [9.17, 15) is 4.79 Å². The molecule has 1 saturated carbocycles. The number of halogens is 1. The van der Waals surface area contributed by atoms with Crippen LogP contribution in [-0.4, -0.2) is 18.0 Å². The molecule has 5 N–H and O–H groups in total. The van der Waals surface area contributed by atoms with E-state index in [1.165, 1.54) is 0 Å². The number of primary amides is 1. The Morgan fingerprint density at radius 3 is 2.76 bits per heavy atom. The molecule has 1 aliphatic rings. The standard InChI is InChI=1S/C12H16ClN3O/c13-7-3-1-6-10(11(7)12(15)17)16-9-5-2-4-8(9)14/h1,3,6,8-9,16H,2,4-5,14H2,(H2,15,17). The summed E-state index contributed by atoms with van der Waals surface area (Å²) in [6, 6.07) is 5.55. The highest BCUT2D eigenvalue weighted by Gasteiger charge is 2.25. The molecule has 2 unspecified atom stereocenters. The summed E-state index contributed by atoms with van der Waals surface area (Å²) in [6.45, 7) is 0. The van der Waals surface area contributed by atoms with Crippen molar-refractivity contribution in [3.63, 3.8) is 0 Å². The van der Waals surface area contributed by atoms with E-state index in [2.05, 4.69) is 5.32 Å². The Morgan fingerprint density at radius 2 is 2.18 bits per heavy atom. The van der Waals surface area contributed by atoms with Gasteiger partial charge in [0.15, 0.2) is 0 Å². The maximum absolute atomic E-state index is 11.4. The predicted molar refractivity (Wildman–Crippen MR) is 69.2 cm³/mol. The smallest absolute Gasteiger partial charge is 0.252 e. The Hall–Kier alpha value is -1.26. The predicted octanol–water partition coefficient (Wildman–Crippen LogP) is 1.73. The lowest BCUT2D eigenvalue weighted by Gasteiger charge is -2.20. The maximum atomic E-state index is 11.4. The molecular formula is C12H16ClN3O. The van der Waals surface area contributed by atoms with Gasteiger partial charge in [-0.15, -0.1) is 0 Å². The van der Waals surface area contributed by atoms with Crippen LogP contribution in [-0.2, 0) is 0 Å². The van der Waals surface area contributed by atoms with Gasteiger partial charge in [-0.25, -0.2) is 0 Å². The Morgan fingerprint density at radius 1 is 1.41 bits per heavy atom. The molecule has 0 radical (unpaired) electrons. The van der Waals surface area contributed by atoms with E-state index in [0.29, 0.717) is 16.3 Å². The molecular weight excluding hydrogens is 238 g/mol. The van der Waals surface area contributed by atoms with Crippen LogP contribution >= 0.6 is 11.6 Å². The fourth-order valence-electron chi connectivity index (χ4n) is 2.26. The van der Waals surface area contributed by atoms with E-state index in [-0.39, 0.29) is 12.1 Å². The molecule has 0 heterocycles. The topological polar surface area (TPSA) is 81.1 Å². The highest BCUT2D eigenvalue weighted by Crippen LogP contribution is 2.27. The van der Waals surface area contributed by atoms with Crippen LogP contribution < -0.4 is 16.8 Å². The molecule has 1 aromatic carbocycles. The highest BCUT2D eigenvalue weighted by molar-refractivity contribution is 6.34. The molecule has 2 rings (SSSR count). The Kier molecular flexibility index (Phi) is 3.54. The number of anilines is 1. The number of hydrogen-bond acceptors (Lipinski definition) is 3. The zero-order chi connectivity index (χ0) is 12.4. The Balaban J connectivity index is 2.26. The molecule has 0 aromatic heterocycles. The van der Waals surface area contributed by atoms with Gasteiger partial charge in [-0.2, -0.15) is 0 Å². The second-order valence-corrected chi connectivity index (χ2v) is 4.78. The second kappa shape index (κ2) is 4.94. The molecule has 1 amide bonds. The average molecular weight is 254 g/mol. The van der Waals surface area contributed by atoms with Crippen molar-refractivity contribution in [1.82, 2.24) is 0 Å². The molecule has 92 valence electrons. The second-order valence-electron chi connectivity index (χ2n) is 4.37. The third-order valence-corrected chi connectivity index (χ3v) is 3.49. The Bertz CT molecular complexity index is 436. The summed E-state index contributed by atoms with van der Waals surface area (Å²) in [5, 5.41) is 3.64. The first-order valence-electron chi connectivity index (χ1n) is 5.70. The number of rotatable bonds is 3. The van der Waals surface area contributed by atoms with Gasteiger partial charge in [-0.05, 0) is 31.4 Å². The van der Waals surface area contributed by atoms with E-state index in [0.717, 1.165) is 19.3 Å². The molecule has 0 saturated heterocycles. The van der Waals surface area contributed by atoms with Gasteiger partial charge in [0, 0.05) is 17.8 Å². The minimum atomic E-state index is -0.523. The first-order chi connectivity index (χ1) is 8.09. The Labute approximate surface area is 105 Å². The van der Waals surface area contributed by atoms with Crippen LogP contribution in [0.1, 0.15) is 29.6 Å². The van der Waals surface area contributed by atoms with E-state index in [4.69, 9.17) is 23.1 Å². The average Bonchev–Trinajstić information content (AvgIpc) is 2.64. The number of carbonyl (C=O) groups is 1. The molecule has 5 heteroatoms. The number of nitrogens with two attached hydrogens (primary N) is 2. The highest BCUT2D eigenvalue weighted by atomic mass is 35.5. The SMILES string of the molecule is NC(=O)c1c(Cl)cccc1NC1CCCC1N. The summed E-state index contributed by atoms with van der Waals surface area (Å²) >= 11 is 5.97. The van der Waals surface area contributed by atoms with Crippen molar-refractivity contribution in [1.29, 1.82) is 0 Å². The lowest BCUT2D eigenvalue weighted by atomic mass is 10.1. The zero-order valence-electron chi connectivity index (χ0n) is 9.45. The van der Waals surface area contributed by atoms with Gasteiger partial charge < -0.3 is 16.8 Å². The first-order valence-corrected chi connectivity index (χ1v) is 6.08. The molecule has 1 aliphatic carbocycles. The quantitative estimate of drug-likeness (QED) is 0.767. The molecule has 0 spiro atoms. The van der Waals surface area contributed by atoms with Crippen LogP contribution in [0.2, 0.25) is 5.02 Å². The van der Waals surface area contributed by atoms with Crippen LogP contribution in [0, 0.1) is 0 Å². The van der Waals surface area contributed by atoms with Gasteiger partial charge in [-0.3, -0.25) is 4.79 Å². The van der Waals surface area contributed by atoms with Crippen LogP contribution in [0.4, 0.5) is 5.69 Å². The fourth-order valence-corrected chi connectivity index (χ4v) is 2.53. The van der Waals surface area contributed by atoms with Crippen molar-refractivity contribution >= 4 is 23.2 Å². The lowest BCUT2D eigenvalue weighted by molar-refractivity contribution is 0.100. The molecule has 4 nitrogen and oxygen atoms in total. The van der Waals surface area contributed by atoms with Gasteiger partial charge >= 0.3 is 0 Å². The normalized spacial score (nSPS) is 23.6. The number of nitrogens with one attached hydrogen (secondary N) is 1. The largest absolute Gasteiger partial charge is 0.380 e. The number of carbonyl (C=O) groups excluding carboxylic acids is 1. The fraction of sp³-hybridized carbons (Fsp3) is 0.417. The van der Waals surface area contributed by atoms with Crippen molar-refractivity contribution in [2.45, 2.75) is 31.3 Å². The minimum Gasteiger partial charge on any atom is -0.380 e. The third-order valence-electron chi connectivity index (χ3n) is 3.17. The van der Waals surface area contributed by atoms with Gasteiger partial charge in [0.05, 0.1) is 10.6 Å². The van der Waals surface area contributed by atoms with Crippen molar-refractivity contribution in [3.05, 3.63) is 28.8 Å². The van der Waals surface area contributed by atoms with E-state index in [1.807, 2.05) is 0 Å². The van der Waals surface area contributed by atoms with Crippen molar-refractivity contribution < 1.29 is 4.79 Å². The van der Waals surface area contributed by atoms with Crippen LogP contribution in [0.5, 0.6) is 0 Å². The number of benzene rings is 1. The van der Waals surface area contributed by atoms with Crippen LogP contribution in [0.15, 0.2) is 18.2 Å². The van der Waals surface area contributed by atoms with Gasteiger partial charge in [0.25, 0.3) is 5.91 Å². The van der Waals surface area contributed by atoms with Crippen molar-refractivity contribution in [3.8, 4) is 0 Å². The number of amides is 1. The number of hydrogen-bond donors (Lipinski definition) is 3. The molecule has 0 bridgehead atoms. The van der Waals surface area contributed by atoms with Crippen molar-refractivity contribution in [2.24, 2.45) is 11.5 Å². The van der Waals surface area contributed by atoms with E-state index >= 15 is 0 Å². The van der Waals surface area contributed by atoms with Gasteiger partial charge in [0.2, 0.25) is 0 Å². The maximum Gasteiger partial charge on any atom is 0.252 e. The van der Waals surface area contributed by atoms with Gasteiger partial charge in [0.1, 0.15) is 0 Å². The third kappa shape index (κ3) is 2.53. The van der Waals surface area contributed by atoms with Crippen LogP contribution in [0.3, 0.4) is 0 Å². The lowest BCUT2D eigenvalue weighted by Crippen LogP contribution is -2.35. The summed E-state index contributed by atoms with van der Waals surface area (Å²) in [6.07, 6.45) is 3.11. The van der Waals surface area contributed by atoms with E-state index in [1.54, 1.807) is 18.2 Å². The van der Waals surface area contributed by atoms with Crippen LogP contribution in [0.25, 0.3) is 0 Å². The minimum absolute atomic E-state index is 0.120. The molecule has 2 atom stereocenters. The molecule has 17 heavy (non-hydrogen) atoms. The molecule has 0 aliphatic heterocycles. The summed E-state index contributed by atoms with van der Waals surface area (Å²) in [7, 11) is 0. The molecule has 1 aromatic rings. The summed E-state index contributed by atoms with van der Waals surface area (Å²) in [5.41, 5.74) is 12.3. The van der Waals surface area contributed by atoms with Gasteiger partial charge in [-0.1, -0.05) is 17.7 Å². The summed E-state index contributed by atoms with van der Waals surface area (Å²) < 4.78 is 0.